The van der Waals surface area contributed by atoms with Crippen molar-refractivity contribution < 1.29 is 9.53 Å². The fourth-order valence-electron chi connectivity index (χ4n) is 5.83. The predicted molar refractivity (Wildman–Crippen MR) is 155 cm³/mol. The van der Waals surface area contributed by atoms with E-state index in [1.54, 1.807) is 7.05 Å². The standard InChI is InChI=1S/C28H39N5O3.CH5N/c1-4-7-22(29)24-25(30-3)27(35)32-26(31-24)21-16-20(8-9-23(21)36-5-2)33-15-6-12-28(18-33)13-10-19(17-34)11-14-28;1-2/h8-9,16-17,19,29-30H,4-7,10-15,18H2,1-3H3,(H,31,32,35);2H2,1H3. The lowest BCUT2D eigenvalue weighted by Gasteiger charge is -2.47. The number of ether oxygens (including phenoxy) is 1. The Morgan fingerprint density at radius 3 is 2.66 bits per heavy atom. The third-order valence-corrected chi connectivity index (χ3v) is 7.78. The fourth-order valence-corrected chi connectivity index (χ4v) is 5.83. The quantitative estimate of drug-likeness (QED) is 0.278. The molecule has 1 aromatic heterocycles. The lowest BCUT2D eigenvalue weighted by molar-refractivity contribution is -0.112. The molecule has 0 bridgehead atoms. The summed E-state index contributed by atoms with van der Waals surface area (Å²) in [7, 11) is 3.18. The molecule has 1 aliphatic carbocycles. The van der Waals surface area contributed by atoms with Crippen LogP contribution in [0.4, 0.5) is 11.4 Å². The summed E-state index contributed by atoms with van der Waals surface area (Å²) in [6.45, 7) is 6.39. The molecule has 2 fully saturated rings. The molecule has 9 heteroatoms. The summed E-state index contributed by atoms with van der Waals surface area (Å²) in [6.07, 6.45) is 8.98. The second-order valence-corrected chi connectivity index (χ2v) is 10.2. The SMILES string of the molecule is CCCC(=N)c1nc(-c2cc(N3CCCC4(CCC(C=O)CC4)C3)ccc2OCC)[nH]c(=O)c1NC.CN. The van der Waals surface area contributed by atoms with E-state index in [-0.39, 0.29) is 16.9 Å². The minimum Gasteiger partial charge on any atom is -0.493 e. The van der Waals surface area contributed by atoms with Gasteiger partial charge in [0.15, 0.2) is 0 Å². The van der Waals surface area contributed by atoms with Crippen molar-refractivity contribution in [2.24, 2.45) is 17.1 Å². The van der Waals surface area contributed by atoms with Crippen molar-refractivity contribution >= 4 is 23.4 Å². The number of rotatable bonds is 9. The number of carbonyl (C=O) groups is 1. The predicted octanol–water partition coefficient (Wildman–Crippen LogP) is 4.60. The van der Waals surface area contributed by atoms with Gasteiger partial charge < -0.3 is 35.9 Å². The number of hydrogen-bond acceptors (Lipinski definition) is 8. The first kappa shape index (κ1) is 29.4. The maximum absolute atomic E-state index is 13.0. The van der Waals surface area contributed by atoms with Crippen LogP contribution in [0, 0.1) is 16.7 Å². The molecule has 9 nitrogen and oxygen atoms in total. The molecular weight excluding hydrogens is 480 g/mol. The number of aldehydes is 1. The smallest absolute Gasteiger partial charge is 0.275 e. The van der Waals surface area contributed by atoms with Crippen LogP contribution in [0.15, 0.2) is 23.0 Å². The monoisotopic (exact) mass is 524 g/mol. The zero-order valence-corrected chi connectivity index (χ0v) is 23.4. The highest BCUT2D eigenvalue weighted by Crippen LogP contribution is 2.46. The van der Waals surface area contributed by atoms with Gasteiger partial charge in [0.1, 0.15) is 29.2 Å². The van der Waals surface area contributed by atoms with Gasteiger partial charge in [0.2, 0.25) is 0 Å². The van der Waals surface area contributed by atoms with Gasteiger partial charge in [-0.15, -0.1) is 0 Å². The molecule has 1 aliphatic heterocycles. The number of aromatic amines is 1. The van der Waals surface area contributed by atoms with Crippen LogP contribution in [-0.4, -0.2) is 55.8 Å². The Hall–Kier alpha value is -3.20. The first-order valence-corrected chi connectivity index (χ1v) is 13.9. The highest BCUT2D eigenvalue weighted by Gasteiger charge is 2.39. The maximum Gasteiger partial charge on any atom is 0.275 e. The van der Waals surface area contributed by atoms with Crippen LogP contribution in [-0.2, 0) is 4.79 Å². The molecule has 1 saturated heterocycles. The molecule has 1 aromatic carbocycles. The molecule has 5 N–H and O–H groups in total. The van der Waals surface area contributed by atoms with Crippen LogP contribution in [0.3, 0.4) is 0 Å². The van der Waals surface area contributed by atoms with Crippen LogP contribution in [0.1, 0.15) is 70.9 Å². The number of H-pyrrole nitrogens is 1. The molecule has 0 atom stereocenters. The van der Waals surface area contributed by atoms with E-state index in [9.17, 15) is 9.59 Å². The average Bonchev–Trinajstić information content (AvgIpc) is 2.94. The van der Waals surface area contributed by atoms with Crippen molar-refractivity contribution in [3.05, 3.63) is 34.2 Å². The van der Waals surface area contributed by atoms with Gasteiger partial charge in [-0.05, 0) is 82.5 Å². The van der Waals surface area contributed by atoms with Crippen LogP contribution in [0.5, 0.6) is 5.75 Å². The Bertz CT molecular complexity index is 1150. The third kappa shape index (κ3) is 6.43. The summed E-state index contributed by atoms with van der Waals surface area (Å²) in [5, 5.41) is 11.4. The van der Waals surface area contributed by atoms with E-state index in [4.69, 9.17) is 15.1 Å². The van der Waals surface area contributed by atoms with Crippen molar-refractivity contribution in [2.45, 2.75) is 65.2 Å². The Labute approximate surface area is 226 Å². The first-order chi connectivity index (χ1) is 18.4. The van der Waals surface area contributed by atoms with Crippen LogP contribution >= 0.6 is 0 Å². The number of anilines is 2. The van der Waals surface area contributed by atoms with E-state index < -0.39 is 0 Å². The molecule has 208 valence electrons. The molecule has 4 rings (SSSR count). The molecule has 2 aliphatic rings. The fraction of sp³-hybridized carbons (Fsp3) is 0.586. The van der Waals surface area contributed by atoms with Gasteiger partial charge in [-0.2, -0.15) is 0 Å². The molecule has 1 spiro atoms. The Kier molecular flexibility index (Phi) is 10.5. The van der Waals surface area contributed by atoms with E-state index in [0.29, 0.717) is 41.7 Å². The highest BCUT2D eigenvalue weighted by atomic mass is 16.5. The zero-order chi connectivity index (χ0) is 27.7. The van der Waals surface area contributed by atoms with Gasteiger partial charge >= 0.3 is 0 Å². The van der Waals surface area contributed by atoms with Gasteiger partial charge in [-0.25, -0.2) is 4.98 Å². The molecule has 2 aromatic rings. The molecule has 0 radical (unpaired) electrons. The van der Waals surface area contributed by atoms with Gasteiger partial charge in [-0.1, -0.05) is 13.3 Å². The Morgan fingerprint density at radius 1 is 1.29 bits per heavy atom. The number of nitrogens with one attached hydrogen (secondary N) is 3. The second-order valence-electron chi connectivity index (χ2n) is 10.2. The lowest BCUT2D eigenvalue weighted by Crippen LogP contribution is -2.45. The molecular formula is C29H44N6O3. The summed E-state index contributed by atoms with van der Waals surface area (Å²) in [4.78, 5) is 34.3. The lowest BCUT2D eigenvalue weighted by atomic mass is 9.66. The summed E-state index contributed by atoms with van der Waals surface area (Å²) in [6, 6.07) is 6.11. The number of hydrogen-bond donors (Lipinski definition) is 4. The number of piperidine rings is 1. The van der Waals surface area contributed by atoms with E-state index >= 15 is 0 Å². The molecule has 1 saturated carbocycles. The number of aromatic nitrogens is 2. The molecule has 0 amide bonds. The normalized spacial score (nSPS) is 20.9. The number of benzene rings is 1. The minimum atomic E-state index is -0.296. The highest BCUT2D eigenvalue weighted by molar-refractivity contribution is 6.01. The van der Waals surface area contributed by atoms with Crippen LogP contribution in [0.25, 0.3) is 11.4 Å². The van der Waals surface area contributed by atoms with E-state index in [0.717, 1.165) is 69.2 Å². The topological polar surface area (TPSA) is 137 Å². The van der Waals surface area contributed by atoms with Crippen molar-refractivity contribution in [3.63, 3.8) is 0 Å². The summed E-state index contributed by atoms with van der Waals surface area (Å²) < 4.78 is 5.93. The Morgan fingerprint density at radius 2 is 2.03 bits per heavy atom. The summed E-state index contributed by atoms with van der Waals surface area (Å²) >= 11 is 0. The number of nitrogens with two attached hydrogens (primary N) is 1. The molecule has 2 heterocycles. The van der Waals surface area contributed by atoms with Crippen molar-refractivity contribution in [2.75, 3.05) is 44.0 Å². The Balaban J connectivity index is 0.00000195. The van der Waals surface area contributed by atoms with Gasteiger partial charge in [0, 0.05) is 31.7 Å². The summed E-state index contributed by atoms with van der Waals surface area (Å²) in [5.41, 5.74) is 7.31. The van der Waals surface area contributed by atoms with Gasteiger partial charge in [0.05, 0.1) is 17.9 Å². The third-order valence-electron chi connectivity index (χ3n) is 7.78. The van der Waals surface area contributed by atoms with Gasteiger partial charge in [0.25, 0.3) is 5.56 Å². The van der Waals surface area contributed by atoms with E-state index in [1.807, 2.05) is 19.9 Å². The van der Waals surface area contributed by atoms with Crippen molar-refractivity contribution in [1.29, 1.82) is 5.41 Å². The summed E-state index contributed by atoms with van der Waals surface area (Å²) in [5.74, 6) is 1.29. The number of carbonyl (C=O) groups excluding carboxylic acids is 1. The van der Waals surface area contributed by atoms with E-state index in [2.05, 4.69) is 33.1 Å². The minimum absolute atomic E-state index is 0.215. The molecule has 0 unspecified atom stereocenters. The van der Waals surface area contributed by atoms with Crippen LogP contribution < -0.4 is 26.2 Å². The first-order valence-electron chi connectivity index (χ1n) is 13.9. The number of nitrogens with zero attached hydrogens (tertiary/aromatic N) is 2. The average molecular weight is 525 g/mol. The molecule has 38 heavy (non-hydrogen) atoms. The van der Waals surface area contributed by atoms with E-state index in [1.165, 1.54) is 13.5 Å². The van der Waals surface area contributed by atoms with Crippen LogP contribution in [0.2, 0.25) is 0 Å². The zero-order valence-electron chi connectivity index (χ0n) is 23.4. The van der Waals surface area contributed by atoms with Crippen molar-refractivity contribution in [3.8, 4) is 17.1 Å². The van der Waals surface area contributed by atoms with Gasteiger partial charge in [-0.3, -0.25) is 4.79 Å². The second kappa shape index (κ2) is 13.6. The largest absolute Gasteiger partial charge is 0.493 e. The van der Waals surface area contributed by atoms with Crippen molar-refractivity contribution in [1.82, 2.24) is 9.97 Å². The maximum atomic E-state index is 13.0.